The third-order valence-corrected chi connectivity index (χ3v) is 3.44. The maximum atomic E-state index is 12.1. The molecule has 0 aliphatic rings. The summed E-state index contributed by atoms with van der Waals surface area (Å²) in [7, 11) is 1.57. The second kappa shape index (κ2) is 8.61. The Bertz CT molecular complexity index is 780. The van der Waals surface area contributed by atoms with Crippen molar-refractivity contribution in [1.29, 1.82) is 5.26 Å². The molecule has 0 saturated carbocycles. The summed E-state index contributed by atoms with van der Waals surface area (Å²) in [4.78, 5) is 12.1. The second-order valence-electron chi connectivity index (χ2n) is 4.86. The minimum absolute atomic E-state index is 0.0215. The Morgan fingerprint density at radius 2 is 2.04 bits per heavy atom. The molecule has 2 rings (SSSR count). The molecular weight excluding hydrogens is 326 g/mol. The van der Waals surface area contributed by atoms with E-state index in [1.54, 1.807) is 37.4 Å². The summed E-state index contributed by atoms with van der Waals surface area (Å²) >= 11 is 5.81. The van der Waals surface area contributed by atoms with E-state index in [2.05, 4.69) is 10.6 Å². The van der Waals surface area contributed by atoms with Crippen molar-refractivity contribution >= 4 is 23.2 Å². The van der Waals surface area contributed by atoms with Gasteiger partial charge in [0.25, 0.3) is 5.91 Å². The molecule has 0 unspecified atom stereocenters. The largest absolute Gasteiger partial charge is 0.497 e. The lowest BCUT2D eigenvalue weighted by molar-refractivity contribution is -0.117. The van der Waals surface area contributed by atoms with Crippen molar-refractivity contribution in [3.05, 3.63) is 70.9 Å². The highest BCUT2D eigenvalue weighted by Crippen LogP contribution is 2.17. The van der Waals surface area contributed by atoms with E-state index in [4.69, 9.17) is 21.6 Å². The zero-order chi connectivity index (χ0) is 17.4. The zero-order valence-electron chi connectivity index (χ0n) is 13.0. The molecule has 0 saturated heterocycles. The predicted octanol–water partition coefficient (Wildman–Crippen LogP) is 3.48. The number of halogens is 1. The Kier molecular flexibility index (Phi) is 6.23. The van der Waals surface area contributed by atoms with Crippen LogP contribution in [0.5, 0.6) is 5.75 Å². The van der Waals surface area contributed by atoms with Crippen LogP contribution in [0, 0.1) is 11.3 Å². The van der Waals surface area contributed by atoms with E-state index in [1.807, 2.05) is 24.3 Å². The molecule has 0 bridgehead atoms. The molecule has 0 atom stereocenters. The van der Waals surface area contributed by atoms with Crippen LogP contribution < -0.4 is 15.4 Å². The maximum absolute atomic E-state index is 12.1. The van der Waals surface area contributed by atoms with Crippen molar-refractivity contribution < 1.29 is 9.53 Å². The second-order valence-corrected chi connectivity index (χ2v) is 5.29. The lowest BCUT2D eigenvalue weighted by Crippen LogP contribution is -2.24. The van der Waals surface area contributed by atoms with E-state index in [9.17, 15) is 4.79 Å². The van der Waals surface area contributed by atoms with Crippen molar-refractivity contribution in [2.24, 2.45) is 0 Å². The average molecular weight is 342 g/mol. The number of nitriles is 1. The highest BCUT2D eigenvalue weighted by molar-refractivity contribution is 6.30. The standard InChI is InChI=1S/C18H16ClN3O2/c1-24-17-4-2-3-16(9-17)21-12-14(10-20)18(23)22-11-13-5-7-15(19)8-6-13/h2-9,12,21H,11H2,1H3,(H,22,23)/b14-12-. The molecule has 0 aliphatic carbocycles. The fourth-order valence-corrected chi connectivity index (χ4v) is 2.02. The molecule has 2 aromatic rings. The summed E-state index contributed by atoms with van der Waals surface area (Å²) in [6.45, 7) is 0.314. The first kappa shape index (κ1) is 17.4. The van der Waals surface area contributed by atoms with Gasteiger partial charge in [0.1, 0.15) is 17.4 Å². The zero-order valence-corrected chi connectivity index (χ0v) is 13.8. The quantitative estimate of drug-likeness (QED) is 0.623. The average Bonchev–Trinajstić information content (AvgIpc) is 2.62. The van der Waals surface area contributed by atoms with E-state index in [0.29, 0.717) is 23.0 Å². The van der Waals surface area contributed by atoms with Gasteiger partial charge in [-0.3, -0.25) is 4.79 Å². The Hall–Kier alpha value is -2.97. The number of hydrogen-bond acceptors (Lipinski definition) is 4. The lowest BCUT2D eigenvalue weighted by atomic mass is 10.2. The van der Waals surface area contributed by atoms with Gasteiger partial charge in [0.15, 0.2) is 0 Å². The van der Waals surface area contributed by atoms with Gasteiger partial charge in [-0.1, -0.05) is 29.8 Å². The van der Waals surface area contributed by atoms with E-state index in [1.165, 1.54) is 6.20 Å². The molecule has 24 heavy (non-hydrogen) atoms. The van der Waals surface area contributed by atoms with E-state index in [-0.39, 0.29) is 5.57 Å². The molecule has 2 aromatic carbocycles. The van der Waals surface area contributed by atoms with Crippen LogP contribution in [0.1, 0.15) is 5.56 Å². The normalized spacial score (nSPS) is 10.6. The molecular formula is C18H16ClN3O2. The number of rotatable bonds is 6. The summed E-state index contributed by atoms with van der Waals surface area (Å²) in [5, 5.41) is 15.4. The van der Waals surface area contributed by atoms with Crippen LogP contribution in [0.2, 0.25) is 5.02 Å². The molecule has 0 aromatic heterocycles. The number of carbonyl (C=O) groups is 1. The Morgan fingerprint density at radius 3 is 2.71 bits per heavy atom. The van der Waals surface area contributed by atoms with Crippen LogP contribution in [0.4, 0.5) is 5.69 Å². The van der Waals surface area contributed by atoms with Gasteiger partial charge in [-0.05, 0) is 29.8 Å². The van der Waals surface area contributed by atoms with Gasteiger partial charge in [0.05, 0.1) is 7.11 Å². The molecule has 5 nitrogen and oxygen atoms in total. The lowest BCUT2D eigenvalue weighted by Gasteiger charge is -2.06. The molecule has 122 valence electrons. The van der Waals surface area contributed by atoms with Gasteiger partial charge in [0.2, 0.25) is 0 Å². The molecule has 0 radical (unpaired) electrons. The summed E-state index contributed by atoms with van der Waals surface area (Å²) < 4.78 is 5.12. The number of anilines is 1. The van der Waals surface area contributed by atoms with Gasteiger partial charge in [-0.15, -0.1) is 0 Å². The number of benzene rings is 2. The topological polar surface area (TPSA) is 74.1 Å². The first-order valence-corrected chi connectivity index (χ1v) is 7.53. The minimum Gasteiger partial charge on any atom is -0.497 e. The van der Waals surface area contributed by atoms with Crippen LogP contribution >= 0.6 is 11.6 Å². The maximum Gasteiger partial charge on any atom is 0.263 e. The highest BCUT2D eigenvalue weighted by Gasteiger charge is 2.08. The molecule has 2 N–H and O–H groups in total. The van der Waals surface area contributed by atoms with Gasteiger partial charge < -0.3 is 15.4 Å². The van der Waals surface area contributed by atoms with Crippen LogP contribution in [-0.4, -0.2) is 13.0 Å². The summed E-state index contributed by atoms with van der Waals surface area (Å²) in [5.41, 5.74) is 1.59. The van der Waals surface area contributed by atoms with Gasteiger partial charge >= 0.3 is 0 Å². The number of amides is 1. The van der Waals surface area contributed by atoms with E-state index >= 15 is 0 Å². The third-order valence-electron chi connectivity index (χ3n) is 3.18. The Morgan fingerprint density at radius 1 is 1.29 bits per heavy atom. The van der Waals surface area contributed by atoms with Crippen LogP contribution in [0.25, 0.3) is 0 Å². The number of nitrogens with one attached hydrogen (secondary N) is 2. The number of nitrogens with zero attached hydrogens (tertiary/aromatic N) is 1. The third kappa shape index (κ3) is 5.04. The molecule has 0 heterocycles. The van der Waals surface area contributed by atoms with Crippen LogP contribution in [0.3, 0.4) is 0 Å². The number of ether oxygens (including phenoxy) is 1. The van der Waals surface area contributed by atoms with Crippen LogP contribution in [-0.2, 0) is 11.3 Å². The summed E-state index contributed by atoms with van der Waals surface area (Å²) in [6.07, 6.45) is 1.37. The number of hydrogen-bond donors (Lipinski definition) is 2. The molecule has 0 aliphatic heterocycles. The first-order chi connectivity index (χ1) is 11.6. The Balaban J connectivity index is 1.97. The Labute approximate surface area is 145 Å². The molecule has 0 spiro atoms. The van der Waals surface area contributed by atoms with Crippen molar-refractivity contribution in [2.75, 3.05) is 12.4 Å². The number of methoxy groups -OCH3 is 1. The first-order valence-electron chi connectivity index (χ1n) is 7.16. The van der Waals surface area contributed by atoms with Crippen molar-refractivity contribution in [1.82, 2.24) is 5.32 Å². The van der Waals surface area contributed by atoms with Crippen molar-refractivity contribution in [3.8, 4) is 11.8 Å². The molecule has 1 amide bonds. The monoisotopic (exact) mass is 341 g/mol. The van der Waals surface area contributed by atoms with Crippen molar-refractivity contribution in [2.45, 2.75) is 6.54 Å². The van der Waals surface area contributed by atoms with Gasteiger partial charge in [-0.25, -0.2) is 0 Å². The summed E-state index contributed by atoms with van der Waals surface area (Å²) in [6, 6.07) is 16.2. The van der Waals surface area contributed by atoms with E-state index in [0.717, 1.165) is 5.56 Å². The fourth-order valence-electron chi connectivity index (χ4n) is 1.90. The molecule has 6 heteroatoms. The highest BCUT2D eigenvalue weighted by atomic mass is 35.5. The fraction of sp³-hybridized carbons (Fsp3) is 0.111. The minimum atomic E-state index is -0.456. The van der Waals surface area contributed by atoms with Gasteiger partial charge in [-0.2, -0.15) is 5.26 Å². The number of carbonyl (C=O) groups excluding carboxylic acids is 1. The summed E-state index contributed by atoms with van der Waals surface area (Å²) in [5.74, 6) is 0.224. The smallest absolute Gasteiger partial charge is 0.263 e. The molecule has 0 fully saturated rings. The van der Waals surface area contributed by atoms with Crippen molar-refractivity contribution in [3.63, 3.8) is 0 Å². The van der Waals surface area contributed by atoms with Crippen LogP contribution in [0.15, 0.2) is 60.3 Å². The SMILES string of the molecule is COc1cccc(N/C=C(/C#N)C(=O)NCc2ccc(Cl)cc2)c1. The van der Waals surface area contributed by atoms with Gasteiger partial charge in [0, 0.05) is 29.5 Å². The van der Waals surface area contributed by atoms with E-state index < -0.39 is 5.91 Å². The predicted molar refractivity (Wildman–Crippen MR) is 93.6 cm³/mol.